The average Bonchev–Trinajstić information content (AvgIpc) is 2.41. The molecule has 0 bridgehead atoms. The van der Waals surface area contributed by atoms with Crippen LogP contribution < -0.4 is 0 Å². The van der Waals surface area contributed by atoms with Crippen molar-refractivity contribution in [2.24, 2.45) is 29.6 Å². The molecule has 1 aliphatic heterocycles. The van der Waals surface area contributed by atoms with Crippen LogP contribution in [0.3, 0.4) is 0 Å². The van der Waals surface area contributed by atoms with Gasteiger partial charge in [-0.05, 0) is 37.5 Å². The van der Waals surface area contributed by atoms with Crippen LogP contribution in [-0.4, -0.2) is 25.2 Å². The summed E-state index contributed by atoms with van der Waals surface area (Å²) in [6.07, 6.45) is 3.22. The van der Waals surface area contributed by atoms with Crippen molar-refractivity contribution < 1.29 is 19.1 Å². The smallest absolute Gasteiger partial charge is 0.311 e. The van der Waals surface area contributed by atoms with Gasteiger partial charge in [0.25, 0.3) is 0 Å². The Morgan fingerprint density at radius 1 is 1.35 bits per heavy atom. The molecule has 2 rings (SSSR count). The number of cyclic esters (lactones) is 1. The van der Waals surface area contributed by atoms with Gasteiger partial charge in [0.2, 0.25) is 6.29 Å². The predicted molar refractivity (Wildman–Crippen MR) is 74.8 cm³/mol. The van der Waals surface area contributed by atoms with Gasteiger partial charge in [-0.2, -0.15) is 0 Å². The van der Waals surface area contributed by atoms with Gasteiger partial charge in [-0.15, -0.1) is 0 Å². The molecule has 2 fully saturated rings. The van der Waals surface area contributed by atoms with Crippen molar-refractivity contribution in [2.45, 2.75) is 52.7 Å². The number of carbonyl (C=O) groups is 2. The van der Waals surface area contributed by atoms with Crippen LogP contribution in [0.25, 0.3) is 0 Å². The lowest BCUT2D eigenvalue weighted by atomic mass is 9.61. The number of hydrogen-bond donors (Lipinski definition) is 0. The van der Waals surface area contributed by atoms with Gasteiger partial charge in [-0.3, -0.25) is 4.79 Å². The molecule has 1 aliphatic carbocycles. The minimum atomic E-state index is -0.441. The SMILES string of the molecule is COC1OC(=O)[C@H](C)[C@@H]2CC[C@@H](C)[C@H](CCC(C)=O)[C@H]12. The van der Waals surface area contributed by atoms with Crippen LogP contribution in [0.5, 0.6) is 0 Å². The van der Waals surface area contributed by atoms with Gasteiger partial charge in [-0.1, -0.05) is 20.3 Å². The summed E-state index contributed by atoms with van der Waals surface area (Å²) in [5.41, 5.74) is 0. The van der Waals surface area contributed by atoms with E-state index in [0.29, 0.717) is 24.2 Å². The molecule has 0 aromatic heterocycles. The first kappa shape index (κ1) is 15.5. The van der Waals surface area contributed by atoms with Crippen molar-refractivity contribution in [1.82, 2.24) is 0 Å². The Labute approximate surface area is 121 Å². The van der Waals surface area contributed by atoms with Gasteiger partial charge in [-0.25, -0.2) is 0 Å². The fourth-order valence-electron chi connectivity index (χ4n) is 4.07. The lowest BCUT2D eigenvalue weighted by Gasteiger charge is -2.49. The molecule has 0 aromatic carbocycles. The van der Waals surface area contributed by atoms with E-state index in [1.807, 2.05) is 6.92 Å². The summed E-state index contributed by atoms with van der Waals surface area (Å²) in [7, 11) is 1.60. The van der Waals surface area contributed by atoms with E-state index >= 15 is 0 Å². The number of rotatable bonds is 4. The van der Waals surface area contributed by atoms with Crippen molar-refractivity contribution in [3.05, 3.63) is 0 Å². The van der Waals surface area contributed by atoms with Gasteiger partial charge < -0.3 is 14.3 Å². The number of esters is 1. The summed E-state index contributed by atoms with van der Waals surface area (Å²) in [5.74, 6) is 1.55. The summed E-state index contributed by atoms with van der Waals surface area (Å²) >= 11 is 0. The van der Waals surface area contributed by atoms with Gasteiger partial charge in [0.15, 0.2) is 0 Å². The lowest BCUT2D eigenvalue weighted by molar-refractivity contribution is -0.231. The highest BCUT2D eigenvalue weighted by Crippen LogP contribution is 2.49. The highest BCUT2D eigenvalue weighted by molar-refractivity contribution is 5.75. The molecule has 114 valence electrons. The summed E-state index contributed by atoms with van der Waals surface area (Å²) in [6, 6.07) is 0. The first-order valence-electron chi connectivity index (χ1n) is 7.68. The molecule has 1 saturated carbocycles. The van der Waals surface area contributed by atoms with E-state index in [9.17, 15) is 9.59 Å². The molecule has 20 heavy (non-hydrogen) atoms. The third-order valence-electron chi connectivity index (χ3n) is 5.30. The van der Waals surface area contributed by atoms with Crippen LogP contribution in [0.15, 0.2) is 0 Å². The molecule has 4 heteroatoms. The van der Waals surface area contributed by atoms with Gasteiger partial charge >= 0.3 is 5.97 Å². The van der Waals surface area contributed by atoms with E-state index < -0.39 is 6.29 Å². The number of fused-ring (bicyclic) bond motifs is 1. The largest absolute Gasteiger partial charge is 0.435 e. The van der Waals surface area contributed by atoms with Crippen molar-refractivity contribution >= 4 is 11.8 Å². The van der Waals surface area contributed by atoms with Crippen LogP contribution in [0, 0.1) is 29.6 Å². The Bertz CT molecular complexity index is 379. The molecule has 1 unspecified atom stereocenters. The number of ketones is 1. The van der Waals surface area contributed by atoms with Crippen molar-refractivity contribution in [3.8, 4) is 0 Å². The molecule has 6 atom stereocenters. The molecular formula is C16H26O4. The van der Waals surface area contributed by atoms with Crippen LogP contribution in [0.2, 0.25) is 0 Å². The molecular weight excluding hydrogens is 256 g/mol. The Morgan fingerprint density at radius 2 is 2.05 bits per heavy atom. The van der Waals surface area contributed by atoms with Crippen LogP contribution in [-0.2, 0) is 19.1 Å². The second-order valence-corrected chi connectivity index (χ2v) is 6.53. The van der Waals surface area contributed by atoms with Crippen molar-refractivity contribution in [3.63, 3.8) is 0 Å². The topological polar surface area (TPSA) is 52.6 Å². The minimum absolute atomic E-state index is 0.0567. The lowest BCUT2D eigenvalue weighted by Crippen LogP contribution is -2.51. The summed E-state index contributed by atoms with van der Waals surface area (Å²) in [6.45, 7) is 5.85. The maximum Gasteiger partial charge on any atom is 0.311 e. The van der Waals surface area contributed by atoms with E-state index in [1.165, 1.54) is 0 Å². The van der Waals surface area contributed by atoms with E-state index in [1.54, 1.807) is 14.0 Å². The zero-order chi connectivity index (χ0) is 14.9. The van der Waals surface area contributed by atoms with E-state index in [2.05, 4.69) is 6.92 Å². The fraction of sp³-hybridized carbons (Fsp3) is 0.875. The molecule has 0 amide bonds. The van der Waals surface area contributed by atoms with Crippen LogP contribution >= 0.6 is 0 Å². The quantitative estimate of drug-likeness (QED) is 0.744. The fourth-order valence-corrected chi connectivity index (χ4v) is 4.07. The second-order valence-electron chi connectivity index (χ2n) is 6.53. The summed E-state index contributed by atoms with van der Waals surface area (Å²) in [4.78, 5) is 23.2. The third-order valence-corrected chi connectivity index (χ3v) is 5.30. The number of Topliss-reactive ketones (excluding diaryl/α,β-unsaturated/α-hetero) is 1. The van der Waals surface area contributed by atoms with Crippen molar-refractivity contribution in [2.75, 3.05) is 7.11 Å². The molecule has 2 aliphatic rings. The third kappa shape index (κ3) is 2.90. The maximum absolute atomic E-state index is 11.9. The monoisotopic (exact) mass is 282 g/mol. The van der Waals surface area contributed by atoms with E-state index in [4.69, 9.17) is 9.47 Å². The molecule has 0 radical (unpaired) electrons. The number of methoxy groups -OCH3 is 1. The zero-order valence-corrected chi connectivity index (χ0v) is 12.9. The standard InChI is InChI=1S/C16H26O4/c1-9-5-7-13-11(3)15(18)20-16(19-4)14(13)12(9)8-6-10(2)17/h9,11-14,16H,5-8H2,1-4H3/t9-,11-,12+,13+,14+,16?/m1/s1. The Morgan fingerprint density at radius 3 is 2.65 bits per heavy atom. The number of hydrogen-bond acceptors (Lipinski definition) is 4. The average molecular weight is 282 g/mol. The first-order valence-corrected chi connectivity index (χ1v) is 7.68. The molecule has 1 saturated heterocycles. The Hall–Kier alpha value is -0.900. The molecule has 0 spiro atoms. The van der Waals surface area contributed by atoms with Gasteiger partial charge in [0, 0.05) is 19.4 Å². The molecule has 4 nitrogen and oxygen atoms in total. The molecule has 1 heterocycles. The Balaban J connectivity index is 2.20. The highest BCUT2D eigenvalue weighted by Gasteiger charge is 2.50. The molecule has 0 N–H and O–H groups in total. The van der Waals surface area contributed by atoms with E-state index in [-0.39, 0.29) is 23.6 Å². The van der Waals surface area contributed by atoms with Crippen LogP contribution in [0.1, 0.15) is 46.5 Å². The van der Waals surface area contributed by atoms with E-state index in [0.717, 1.165) is 19.3 Å². The second kappa shape index (κ2) is 6.25. The van der Waals surface area contributed by atoms with Gasteiger partial charge in [0.1, 0.15) is 5.78 Å². The number of carbonyl (C=O) groups excluding carboxylic acids is 2. The predicted octanol–water partition coefficient (Wildman–Crippen LogP) is 2.80. The summed E-state index contributed by atoms with van der Waals surface area (Å²) < 4.78 is 10.9. The van der Waals surface area contributed by atoms with Crippen LogP contribution in [0.4, 0.5) is 0 Å². The summed E-state index contributed by atoms with van der Waals surface area (Å²) in [5, 5.41) is 0. The normalized spacial score (nSPS) is 40.9. The molecule has 0 aromatic rings. The van der Waals surface area contributed by atoms with Gasteiger partial charge in [0.05, 0.1) is 5.92 Å². The Kier molecular flexibility index (Phi) is 4.84. The number of ether oxygens (including phenoxy) is 2. The maximum atomic E-state index is 11.9. The zero-order valence-electron chi connectivity index (χ0n) is 12.9. The minimum Gasteiger partial charge on any atom is -0.435 e. The first-order chi connectivity index (χ1) is 9.45. The highest BCUT2D eigenvalue weighted by atomic mass is 16.7. The van der Waals surface area contributed by atoms with Crippen molar-refractivity contribution in [1.29, 1.82) is 0 Å².